The molecule has 30 heavy (non-hydrogen) atoms. The van der Waals surface area contributed by atoms with E-state index in [9.17, 15) is 9.59 Å². The number of hydrogen-bond acceptors (Lipinski definition) is 5. The zero-order chi connectivity index (χ0) is 20.7. The van der Waals surface area contributed by atoms with Gasteiger partial charge in [0, 0.05) is 28.7 Å². The van der Waals surface area contributed by atoms with Gasteiger partial charge in [-0.3, -0.25) is 14.5 Å². The molecule has 0 atom stereocenters. The van der Waals surface area contributed by atoms with Crippen LogP contribution >= 0.6 is 11.3 Å². The molecule has 0 spiro atoms. The van der Waals surface area contributed by atoms with Crippen molar-refractivity contribution in [2.24, 2.45) is 0 Å². The summed E-state index contributed by atoms with van der Waals surface area (Å²) >= 11 is 1.29. The second kappa shape index (κ2) is 7.39. The van der Waals surface area contributed by atoms with Gasteiger partial charge >= 0.3 is 0 Å². The molecule has 1 aliphatic carbocycles. The van der Waals surface area contributed by atoms with Crippen molar-refractivity contribution in [2.75, 3.05) is 10.6 Å². The largest absolute Gasteiger partial charge is 0.397 e. The lowest BCUT2D eigenvalue weighted by molar-refractivity contribution is 0.0970. The number of amides is 1. The molecule has 0 unspecified atom stereocenters. The van der Waals surface area contributed by atoms with Gasteiger partial charge in [0.25, 0.3) is 5.91 Å². The number of rotatable bonds is 3. The van der Waals surface area contributed by atoms with Crippen LogP contribution in [0.3, 0.4) is 0 Å². The van der Waals surface area contributed by atoms with E-state index in [4.69, 9.17) is 5.73 Å². The van der Waals surface area contributed by atoms with Crippen molar-refractivity contribution in [3.63, 3.8) is 0 Å². The summed E-state index contributed by atoms with van der Waals surface area (Å²) in [6, 6.07) is 20.8. The van der Waals surface area contributed by atoms with Crippen molar-refractivity contribution in [3.8, 4) is 0 Å². The number of hydrogen-bond donors (Lipinski definition) is 1. The van der Waals surface area contributed by atoms with Crippen LogP contribution in [0.25, 0.3) is 10.2 Å². The van der Waals surface area contributed by atoms with Gasteiger partial charge in [-0.15, -0.1) is 11.3 Å². The summed E-state index contributed by atoms with van der Waals surface area (Å²) in [5.74, 6) is -0.114. The number of benzene rings is 2. The molecular formula is C24H19N3O2S. The Bertz CT molecular complexity index is 1230. The first kappa shape index (κ1) is 18.5. The lowest BCUT2D eigenvalue weighted by atomic mass is 9.94. The summed E-state index contributed by atoms with van der Waals surface area (Å²) in [5.41, 5.74) is 9.77. The smallest absolute Gasteiger partial charge is 0.275 e. The quantitative estimate of drug-likeness (QED) is 0.489. The minimum Gasteiger partial charge on any atom is -0.397 e. The number of pyridine rings is 1. The molecule has 2 aromatic carbocycles. The number of nitrogens with zero attached hydrogens (tertiary/aromatic N) is 2. The molecular weight excluding hydrogens is 394 g/mol. The summed E-state index contributed by atoms with van der Waals surface area (Å²) in [5, 5.41) is 0.679. The first-order valence-corrected chi connectivity index (χ1v) is 10.6. The maximum absolute atomic E-state index is 13.7. The number of carbonyl (C=O) groups is 2. The Morgan fingerprint density at radius 1 is 0.967 bits per heavy atom. The first-order valence-electron chi connectivity index (χ1n) is 9.83. The number of fused-ring (bicyclic) bond motifs is 2. The van der Waals surface area contributed by atoms with E-state index >= 15 is 0 Å². The SMILES string of the molecule is Nc1c(C(=O)N(c2ccccc2)c2ccccc2)sc2nc3c(cc12)C(=O)CCC3. The lowest BCUT2D eigenvalue weighted by Gasteiger charge is -2.22. The summed E-state index contributed by atoms with van der Waals surface area (Å²) in [6.07, 6.45) is 2.12. The molecule has 148 valence electrons. The van der Waals surface area contributed by atoms with E-state index in [1.165, 1.54) is 11.3 Å². The summed E-state index contributed by atoms with van der Waals surface area (Å²) in [4.78, 5) is 33.5. The number of anilines is 3. The fourth-order valence-electron chi connectivity index (χ4n) is 3.86. The summed E-state index contributed by atoms with van der Waals surface area (Å²) in [6.45, 7) is 0. The van der Waals surface area contributed by atoms with Crippen LogP contribution in [0.15, 0.2) is 66.7 Å². The average Bonchev–Trinajstić information content (AvgIpc) is 3.10. The number of Topliss-reactive ketones (excluding diaryl/α,β-unsaturated/α-hetero) is 1. The molecule has 2 N–H and O–H groups in total. The molecule has 0 saturated carbocycles. The molecule has 2 heterocycles. The number of carbonyl (C=O) groups excluding carboxylic acids is 2. The number of para-hydroxylation sites is 2. The van der Waals surface area contributed by atoms with Crippen LogP contribution in [0.1, 0.15) is 38.6 Å². The maximum Gasteiger partial charge on any atom is 0.275 e. The number of nitrogens with two attached hydrogens (primary N) is 1. The van der Waals surface area contributed by atoms with Crippen LogP contribution in [-0.2, 0) is 6.42 Å². The number of nitrogen functional groups attached to an aromatic ring is 1. The van der Waals surface area contributed by atoms with Crippen LogP contribution < -0.4 is 10.6 Å². The minimum absolute atomic E-state index is 0.0966. The normalized spacial score (nSPS) is 13.3. The molecule has 1 aliphatic rings. The van der Waals surface area contributed by atoms with E-state index in [0.717, 1.165) is 29.9 Å². The van der Waals surface area contributed by atoms with Crippen LogP contribution in [0.2, 0.25) is 0 Å². The Hall–Kier alpha value is -3.51. The first-order chi connectivity index (χ1) is 14.6. The zero-order valence-electron chi connectivity index (χ0n) is 16.2. The average molecular weight is 414 g/mol. The Balaban J connectivity index is 1.65. The van der Waals surface area contributed by atoms with E-state index in [-0.39, 0.29) is 11.7 Å². The van der Waals surface area contributed by atoms with Crippen molar-refractivity contribution in [3.05, 3.63) is 82.9 Å². The van der Waals surface area contributed by atoms with Gasteiger partial charge in [0.15, 0.2) is 5.78 Å². The minimum atomic E-state index is -0.211. The van der Waals surface area contributed by atoms with E-state index in [0.29, 0.717) is 32.8 Å². The molecule has 0 radical (unpaired) electrons. The zero-order valence-corrected chi connectivity index (χ0v) is 17.0. The van der Waals surface area contributed by atoms with Crippen LogP contribution in [0, 0.1) is 0 Å². The molecule has 2 aromatic heterocycles. The predicted octanol–water partition coefficient (Wildman–Crippen LogP) is 5.38. The Kier molecular flexibility index (Phi) is 4.56. The van der Waals surface area contributed by atoms with Crippen LogP contribution in [0.5, 0.6) is 0 Å². The Morgan fingerprint density at radius 3 is 2.23 bits per heavy atom. The Morgan fingerprint density at radius 2 is 1.60 bits per heavy atom. The summed E-state index contributed by atoms with van der Waals surface area (Å²) in [7, 11) is 0. The summed E-state index contributed by atoms with van der Waals surface area (Å²) < 4.78 is 0. The topological polar surface area (TPSA) is 76.3 Å². The van der Waals surface area contributed by atoms with Gasteiger partial charge in [-0.2, -0.15) is 0 Å². The van der Waals surface area contributed by atoms with Crippen molar-refractivity contribution in [1.82, 2.24) is 4.98 Å². The van der Waals surface area contributed by atoms with Crippen LogP contribution in [0.4, 0.5) is 17.1 Å². The molecule has 0 bridgehead atoms. The van der Waals surface area contributed by atoms with E-state index < -0.39 is 0 Å². The van der Waals surface area contributed by atoms with Gasteiger partial charge < -0.3 is 5.73 Å². The number of thiophene rings is 1. The third kappa shape index (κ3) is 3.06. The third-order valence-corrected chi connectivity index (χ3v) is 6.45. The van der Waals surface area contributed by atoms with Gasteiger partial charge in [-0.05, 0) is 43.2 Å². The monoisotopic (exact) mass is 413 g/mol. The van der Waals surface area contributed by atoms with Crippen LogP contribution in [-0.4, -0.2) is 16.7 Å². The maximum atomic E-state index is 13.7. The number of aryl methyl sites for hydroxylation is 1. The van der Waals surface area contributed by atoms with Crippen molar-refractivity contribution in [1.29, 1.82) is 0 Å². The third-order valence-electron chi connectivity index (χ3n) is 5.34. The highest BCUT2D eigenvalue weighted by Gasteiger charge is 2.27. The van der Waals surface area contributed by atoms with Gasteiger partial charge in [0.2, 0.25) is 0 Å². The van der Waals surface area contributed by atoms with Crippen molar-refractivity contribution < 1.29 is 9.59 Å². The highest BCUT2D eigenvalue weighted by molar-refractivity contribution is 7.21. The second-order valence-electron chi connectivity index (χ2n) is 7.27. The molecule has 4 aromatic rings. The molecule has 0 fully saturated rings. The highest BCUT2D eigenvalue weighted by atomic mass is 32.1. The number of aromatic nitrogens is 1. The number of ketones is 1. The van der Waals surface area contributed by atoms with Gasteiger partial charge in [0.1, 0.15) is 9.71 Å². The molecule has 5 rings (SSSR count). The van der Waals surface area contributed by atoms with E-state index in [1.807, 2.05) is 66.7 Å². The molecule has 6 heteroatoms. The Labute approximate surface area is 177 Å². The van der Waals surface area contributed by atoms with E-state index in [1.54, 1.807) is 4.90 Å². The predicted molar refractivity (Wildman–Crippen MR) is 121 cm³/mol. The second-order valence-corrected chi connectivity index (χ2v) is 8.27. The highest BCUT2D eigenvalue weighted by Crippen LogP contribution is 2.38. The van der Waals surface area contributed by atoms with Gasteiger partial charge in [-0.1, -0.05) is 36.4 Å². The molecule has 1 amide bonds. The molecule has 5 nitrogen and oxygen atoms in total. The fraction of sp³-hybridized carbons (Fsp3) is 0.125. The molecule has 0 saturated heterocycles. The lowest BCUT2D eigenvalue weighted by Crippen LogP contribution is -2.25. The van der Waals surface area contributed by atoms with Crippen molar-refractivity contribution >= 4 is 50.3 Å². The van der Waals surface area contributed by atoms with Gasteiger partial charge in [0.05, 0.1) is 11.4 Å². The van der Waals surface area contributed by atoms with E-state index in [2.05, 4.69) is 4.98 Å². The van der Waals surface area contributed by atoms with Gasteiger partial charge in [-0.25, -0.2) is 4.98 Å². The fourth-order valence-corrected chi connectivity index (χ4v) is 4.88. The standard InChI is InChI=1S/C24H19N3O2S/c25-21-18-14-17-19(12-7-13-20(17)28)26-23(18)30-22(21)24(29)27(15-8-3-1-4-9-15)16-10-5-2-6-11-16/h1-6,8-11,14H,7,12-13,25H2. The molecule has 0 aliphatic heterocycles. The van der Waals surface area contributed by atoms with Crippen molar-refractivity contribution in [2.45, 2.75) is 19.3 Å².